The van der Waals surface area contributed by atoms with Crippen LogP contribution in [0.25, 0.3) is 0 Å². The molecule has 6 nitrogen and oxygen atoms in total. The highest BCUT2D eigenvalue weighted by Gasteiger charge is 2.33. The van der Waals surface area contributed by atoms with E-state index in [0.717, 1.165) is 19.4 Å². The van der Waals surface area contributed by atoms with Crippen molar-refractivity contribution in [1.82, 2.24) is 10.3 Å². The Hall–Kier alpha value is -0.850. The lowest BCUT2D eigenvalue weighted by atomic mass is 10.0. The Morgan fingerprint density at radius 3 is 2.75 bits per heavy atom. The first-order valence-corrected chi connectivity index (χ1v) is 7.39. The maximum Gasteiger partial charge on any atom is 0.410 e. The summed E-state index contributed by atoms with van der Waals surface area (Å²) in [6, 6.07) is 0.0778. The molecule has 20 heavy (non-hydrogen) atoms. The molecule has 0 aliphatic carbocycles. The van der Waals surface area contributed by atoms with Gasteiger partial charge in [0.05, 0.1) is 6.61 Å². The summed E-state index contributed by atoms with van der Waals surface area (Å²) in [4.78, 5) is 13.7. The van der Waals surface area contributed by atoms with Crippen LogP contribution >= 0.6 is 0 Å². The van der Waals surface area contributed by atoms with Gasteiger partial charge in [0.2, 0.25) is 0 Å². The lowest BCUT2D eigenvalue weighted by molar-refractivity contribution is 0.0277. The minimum Gasteiger partial charge on any atom is -0.444 e. The Kier molecular flexibility index (Phi) is 6.71. The zero-order chi connectivity index (χ0) is 15.2. The lowest BCUT2D eigenvalue weighted by Crippen LogP contribution is -2.45. The van der Waals surface area contributed by atoms with Crippen molar-refractivity contribution < 1.29 is 14.3 Å². The van der Waals surface area contributed by atoms with E-state index < -0.39 is 5.60 Å². The molecule has 1 fully saturated rings. The molecule has 6 heteroatoms. The standard InChI is InChI=1S/C14H29N3O3/c1-5-8-19-10-12(16-15)11-6-7-17(9-11)13(18)20-14(2,3)4/h11-12,16H,5-10,15H2,1-4H3. The number of ether oxygens (including phenoxy) is 2. The van der Waals surface area contributed by atoms with Crippen LogP contribution in [0.1, 0.15) is 40.5 Å². The topological polar surface area (TPSA) is 76.8 Å². The lowest BCUT2D eigenvalue weighted by Gasteiger charge is -2.26. The third kappa shape index (κ3) is 5.64. The molecule has 1 rings (SSSR count). The number of hydrogen-bond acceptors (Lipinski definition) is 5. The van der Waals surface area contributed by atoms with E-state index in [2.05, 4.69) is 12.3 Å². The summed E-state index contributed by atoms with van der Waals surface area (Å²) in [5, 5.41) is 0. The molecule has 1 aliphatic heterocycles. The van der Waals surface area contributed by atoms with Crippen molar-refractivity contribution in [3.63, 3.8) is 0 Å². The summed E-state index contributed by atoms with van der Waals surface area (Å²) >= 11 is 0. The van der Waals surface area contributed by atoms with Crippen LogP contribution in [0.15, 0.2) is 0 Å². The molecule has 0 radical (unpaired) electrons. The second-order valence-electron chi connectivity index (χ2n) is 6.32. The molecule has 0 saturated carbocycles. The molecule has 0 aromatic heterocycles. The first kappa shape index (κ1) is 17.2. The van der Waals surface area contributed by atoms with E-state index in [9.17, 15) is 4.79 Å². The number of hydrazine groups is 1. The number of likely N-dealkylation sites (tertiary alicyclic amines) is 1. The smallest absolute Gasteiger partial charge is 0.410 e. The van der Waals surface area contributed by atoms with Gasteiger partial charge in [-0.05, 0) is 39.5 Å². The van der Waals surface area contributed by atoms with Crippen molar-refractivity contribution in [2.24, 2.45) is 11.8 Å². The third-order valence-corrected chi connectivity index (χ3v) is 3.31. The Balaban J connectivity index is 2.42. The fourth-order valence-corrected chi connectivity index (χ4v) is 2.28. The monoisotopic (exact) mass is 287 g/mol. The summed E-state index contributed by atoms with van der Waals surface area (Å²) in [6.07, 6.45) is 1.67. The van der Waals surface area contributed by atoms with Crippen LogP contribution in [0.2, 0.25) is 0 Å². The number of carbonyl (C=O) groups is 1. The van der Waals surface area contributed by atoms with Crippen molar-refractivity contribution >= 4 is 6.09 Å². The minimum atomic E-state index is -0.453. The van der Waals surface area contributed by atoms with Crippen molar-refractivity contribution in [1.29, 1.82) is 0 Å². The van der Waals surface area contributed by atoms with Crippen LogP contribution in [0.3, 0.4) is 0 Å². The summed E-state index contributed by atoms with van der Waals surface area (Å²) in [5.41, 5.74) is 2.35. The van der Waals surface area contributed by atoms with Gasteiger partial charge in [-0.1, -0.05) is 6.92 Å². The predicted octanol–water partition coefficient (Wildman–Crippen LogP) is 1.50. The van der Waals surface area contributed by atoms with Gasteiger partial charge in [0, 0.05) is 25.7 Å². The fraction of sp³-hybridized carbons (Fsp3) is 0.929. The van der Waals surface area contributed by atoms with E-state index in [4.69, 9.17) is 15.3 Å². The van der Waals surface area contributed by atoms with Gasteiger partial charge in [-0.15, -0.1) is 0 Å². The largest absolute Gasteiger partial charge is 0.444 e. The highest BCUT2D eigenvalue weighted by Crippen LogP contribution is 2.22. The fourth-order valence-electron chi connectivity index (χ4n) is 2.28. The number of nitrogens with zero attached hydrogens (tertiary/aromatic N) is 1. The quantitative estimate of drug-likeness (QED) is 0.440. The summed E-state index contributed by atoms with van der Waals surface area (Å²) < 4.78 is 10.9. The first-order chi connectivity index (χ1) is 9.37. The molecular formula is C14H29N3O3. The van der Waals surface area contributed by atoms with Gasteiger partial charge in [-0.2, -0.15) is 0 Å². The van der Waals surface area contributed by atoms with Gasteiger partial charge in [0.25, 0.3) is 0 Å². The zero-order valence-electron chi connectivity index (χ0n) is 13.1. The Bertz CT molecular complexity index is 305. The minimum absolute atomic E-state index is 0.0778. The van der Waals surface area contributed by atoms with Crippen LogP contribution in [0.4, 0.5) is 4.79 Å². The van der Waals surface area contributed by atoms with Crippen LogP contribution in [-0.4, -0.2) is 48.9 Å². The molecule has 1 heterocycles. The average Bonchev–Trinajstić information content (AvgIpc) is 2.82. The molecule has 0 aromatic rings. The Morgan fingerprint density at radius 2 is 2.20 bits per heavy atom. The van der Waals surface area contributed by atoms with Gasteiger partial charge >= 0.3 is 6.09 Å². The van der Waals surface area contributed by atoms with E-state index >= 15 is 0 Å². The summed E-state index contributed by atoms with van der Waals surface area (Å²) in [5.74, 6) is 5.90. The number of carbonyl (C=O) groups excluding carboxylic acids is 1. The number of rotatable bonds is 6. The number of amides is 1. The van der Waals surface area contributed by atoms with Gasteiger partial charge in [0.15, 0.2) is 0 Å². The van der Waals surface area contributed by atoms with E-state index in [0.29, 0.717) is 25.6 Å². The highest BCUT2D eigenvalue weighted by atomic mass is 16.6. The molecule has 0 bridgehead atoms. The van der Waals surface area contributed by atoms with Crippen LogP contribution in [-0.2, 0) is 9.47 Å². The molecule has 1 amide bonds. The SMILES string of the molecule is CCCOCC(NN)C1CCN(C(=O)OC(C)(C)C)C1. The van der Waals surface area contributed by atoms with Crippen LogP contribution in [0, 0.1) is 5.92 Å². The molecule has 2 atom stereocenters. The van der Waals surface area contributed by atoms with E-state index in [1.54, 1.807) is 4.90 Å². The van der Waals surface area contributed by atoms with E-state index in [1.165, 1.54) is 0 Å². The molecule has 0 aromatic carbocycles. The third-order valence-electron chi connectivity index (χ3n) is 3.31. The zero-order valence-corrected chi connectivity index (χ0v) is 13.1. The first-order valence-electron chi connectivity index (χ1n) is 7.39. The van der Waals surface area contributed by atoms with Crippen molar-refractivity contribution in [2.45, 2.75) is 52.2 Å². The van der Waals surface area contributed by atoms with Crippen molar-refractivity contribution in [3.05, 3.63) is 0 Å². The molecule has 118 valence electrons. The van der Waals surface area contributed by atoms with Gasteiger partial charge in [-0.3, -0.25) is 11.3 Å². The van der Waals surface area contributed by atoms with Crippen LogP contribution < -0.4 is 11.3 Å². The normalized spacial score (nSPS) is 21.1. The van der Waals surface area contributed by atoms with E-state index in [-0.39, 0.29) is 12.1 Å². The molecule has 2 unspecified atom stereocenters. The maximum atomic E-state index is 12.0. The maximum absolute atomic E-state index is 12.0. The second kappa shape index (κ2) is 7.81. The van der Waals surface area contributed by atoms with Crippen molar-refractivity contribution in [3.8, 4) is 0 Å². The van der Waals surface area contributed by atoms with Crippen LogP contribution in [0.5, 0.6) is 0 Å². The van der Waals surface area contributed by atoms with E-state index in [1.807, 2.05) is 20.8 Å². The number of nitrogens with two attached hydrogens (primary N) is 1. The Morgan fingerprint density at radius 1 is 1.50 bits per heavy atom. The predicted molar refractivity (Wildman–Crippen MR) is 78.1 cm³/mol. The second-order valence-corrected chi connectivity index (χ2v) is 6.32. The molecule has 1 saturated heterocycles. The van der Waals surface area contributed by atoms with Gasteiger partial charge < -0.3 is 14.4 Å². The summed E-state index contributed by atoms with van der Waals surface area (Å²) in [6.45, 7) is 10.4. The van der Waals surface area contributed by atoms with Gasteiger partial charge in [0.1, 0.15) is 5.60 Å². The molecule has 1 aliphatic rings. The number of hydrogen-bond donors (Lipinski definition) is 2. The Labute approximate surface area is 121 Å². The molecule has 0 spiro atoms. The molecule has 3 N–H and O–H groups in total. The average molecular weight is 287 g/mol. The highest BCUT2D eigenvalue weighted by molar-refractivity contribution is 5.68. The van der Waals surface area contributed by atoms with Gasteiger partial charge in [-0.25, -0.2) is 4.79 Å². The molecular weight excluding hydrogens is 258 g/mol. The van der Waals surface area contributed by atoms with Crippen molar-refractivity contribution in [2.75, 3.05) is 26.3 Å². The summed E-state index contributed by atoms with van der Waals surface area (Å²) in [7, 11) is 0. The number of nitrogens with one attached hydrogen (secondary N) is 1.